The van der Waals surface area contributed by atoms with Gasteiger partial charge in [-0.15, -0.1) is 11.3 Å². The molecule has 1 atom stereocenters. The van der Waals surface area contributed by atoms with Crippen molar-refractivity contribution in [3.8, 4) is 17.0 Å². The molecule has 2 aromatic rings. The van der Waals surface area contributed by atoms with Gasteiger partial charge in [-0.3, -0.25) is 15.0 Å². The summed E-state index contributed by atoms with van der Waals surface area (Å²) in [5.41, 5.74) is 3.36. The third-order valence-corrected chi connectivity index (χ3v) is 9.70. The van der Waals surface area contributed by atoms with Crippen LogP contribution in [0.3, 0.4) is 0 Å². The summed E-state index contributed by atoms with van der Waals surface area (Å²) in [7, 11) is 1.70. The molecule has 1 unspecified atom stereocenters. The lowest BCUT2D eigenvalue weighted by molar-refractivity contribution is -0.137. The largest absolute Gasteiger partial charge is 0.497 e. The van der Waals surface area contributed by atoms with Crippen LogP contribution in [0.1, 0.15) is 69.3 Å². The third kappa shape index (κ3) is 8.20. The van der Waals surface area contributed by atoms with Crippen LogP contribution in [0.15, 0.2) is 23.6 Å². The van der Waals surface area contributed by atoms with Crippen molar-refractivity contribution in [3.63, 3.8) is 0 Å². The van der Waals surface area contributed by atoms with Crippen LogP contribution in [0.2, 0.25) is 0 Å². The molecule has 2 N–H and O–H groups in total. The number of amides is 2. The van der Waals surface area contributed by atoms with E-state index >= 15 is 0 Å². The summed E-state index contributed by atoms with van der Waals surface area (Å²) in [6, 6.07) is 6.26. The summed E-state index contributed by atoms with van der Waals surface area (Å²) in [6.45, 7) is 7.20. The van der Waals surface area contributed by atoms with E-state index in [2.05, 4.69) is 33.3 Å². The highest BCUT2D eigenvalue weighted by Crippen LogP contribution is 2.40. The Balaban J connectivity index is 1.11. The van der Waals surface area contributed by atoms with Crippen LogP contribution in [0.25, 0.3) is 11.3 Å². The van der Waals surface area contributed by atoms with Crippen molar-refractivity contribution in [2.75, 3.05) is 64.8 Å². The van der Waals surface area contributed by atoms with Gasteiger partial charge in [0.15, 0.2) is 5.13 Å². The summed E-state index contributed by atoms with van der Waals surface area (Å²) in [5, 5.41) is 14.6. The van der Waals surface area contributed by atoms with Crippen LogP contribution in [0.5, 0.6) is 5.75 Å². The van der Waals surface area contributed by atoms with E-state index in [4.69, 9.17) is 14.8 Å². The number of nitrogens with one attached hydrogen (secondary N) is 1. The lowest BCUT2D eigenvalue weighted by Gasteiger charge is -2.39. The van der Waals surface area contributed by atoms with E-state index in [1.165, 1.54) is 61.8 Å². The van der Waals surface area contributed by atoms with E-state index in [9.17, 15) is 9.59 Å². The fraction of sp³-hybridized carbons (Fsp3) is 0.645. The van der Waals surface area contributed by atoms with Gasteiger partial charge < -0.3 is 19.6 Å². The van der Waals surface area contributed by atoms with Crippen molar-refractivity contribution < 1.29 is 19.4 Å². The Morgan fingerprint density at radius 3 is 2.61 bits per heavy atom. The molecule has 2 amide bonds. The minimum Gasteiger partial charge on any atom is -0.497 e. The average Bonchev–Trinajstić information content (AvgIpc) is 3.46. The molecule has 5 rings (SSSR count). The molecule has 10 heteroatoms. The van der Waals surface area contributed by atoms with Crippen LogP contribution >= 0.6 is 11.3 Å². The molecule has 3 fully saturated rings. The van der Waals surface area contributed by atoms with Crippen LogP contribution in [0, 0.1) is 5.92 Å². The Morgan fingerprint density at radius 2 is 1.85 bits per heavy atom. The number of benzene rings is 1. The summed E-state index contributed by atoms with van der Waals surface area (Å²) in [5.74, 6) is 1.28. The van der Waals surface area contributed by atoms with Gasteiger partial charge >= 0.3 is 12.0 Å². The van der Waals surface area contributed by atoms with E-state index in [0.717, 1.165) is 62.7 Å². The number of carbonyl (C=O) groups excluding carboxylic acids is 1. The second-order valence-corrected chi connectivity index (χ2v) is 12.7. The Morgan fingerprint density at radius 1 is 1.05 bits per heavy atom. The van der Waals surface area contributed by atoms with Crippen LogP contribution in [-0.2, 0) is 4.79 Å². The minimum absolute atomic E-state index is 0.0778. The zero-order valence-electron chi connectivity index (χ0n) is 24.4. The number of likely N-dealkylation sites (tertiary alicyclic amines) is 1. The number of carboxylic acids is 1. The quantitative estimate of drug-likeness (QED) is 0.376. The maximum Gasteiger partial charge on any atom is 0.323 e. The molecule has 1 aliphatic carbocycles. The van der Waals surface area contributed by atoms with Crippen molar-refractivity contribution in [1.29, 1.82) is 0 Å². The van der Waals surface area contributed by atoms with E-state index in [1.807, 2.05) is 10.3 Å². The normalized spacial score (nSPS) is 21.1. The second kappa shape index (κ2) is 14.5. The summed E-state index contributed by atoms with van der Waals surface area (Å²) < 4.78 is 5.53. The fourth-order valence-electron chi connectivity index (χ4n) is 6.74. The maximum absolute atomic E-state index is 13.1. The first-order valence-electron chi connectivity index (χ1n) is 15.3. The van der Waals surface area contributed by atoms with Crippen molar-refractivity contribution in [1.82, 2.24) is 19.7 Å². The molecule has 3 aliphatic rings. The van der Waals surface area contributed by atoms with Gasteiger partial charge in [0, 0.05) is 56.6 Å². The zero-order valence-corrected chi connectivity index (χ0v) is 25.2. The number of carboxylic acid groups (broad SMARTS) is 1. The summed E-state index contributed by atoms with van der Waals surface area (Å²) in [6.07, 6.45) is 9.65. The SMILES string of the molecule is COc1ccc(C2CCCCC2)c(-c2csc(NC(=O)N3CCN(CC4CCCN(CCCC(=O)O)C4)CC3)n2)c1. The number of rotatable bonds is 10. The Hall–Kier alpha value is -2.69. The van der Waals surface area contributed by atoms with Crippen LogP contribution in [-0.4, -0.2) is 96.3 Å². The fourth-order valence-corrected chi connectivity index (χ4v) is 7.44. The Bertz CT molecular complexity index is 1160. The van der Waals surface area contributed by atoms with E-state index in [0.29, 0.717) is 30.1 Å². The number of anilines is 1. The monoisotopic (exact) mass is 583 g/mol. The number of hydrogen-bond donors (Lipinski definition) is 2. The number of nitrogens with zero attached hydrogens (tertiary/aromatic N) is 4. The molecule has 1 aromatic carbocycles. The number of urea groups is 1. The van der Waals surface area contributed by atoms with E-state index in [1.54, 1.807) is 7.11 Å². The molecule has 2 aliphatic heterocycles. The topological polar surface area (TPSA) is 98.2 Å². The highest BCUT2D eigenvalue weighted by atomic mass is 32.1. The highest BCUT2D eigenvalue weighted by molar-refractivity contribution is 7.14. The number of carbonyl (C=O) groups is 2. The van der Waals surface area contributed by atoms with Crippen molar-refractivity contribution in [2.45, 2.75) is 63.7 Å². The van der Waals surface area contributed by atoms with Gasteiger partial charge in [0.05, 0.1) is 12.8 Å². The second-order valence-electron chi connectivity index (χ2n) is 11.8. The van der Waals surface area contributed by atoms with Crippen molar-refractivity contribution in [2.24, 2.45) is 5.92 Å². The van der Waals surface area contributed by atoms with Crippen molar-refractivity contribution >= 4 is 28.5 Å². The Labute approximate surface area is 247 Å². The number of thiazole rings is 1. The van der Waals surface area contributed by atoms with E-state index < -0.39 is 5.97 Å². The Kier molecular flexibility index (Phi) is 10.5. The van der Waals surface area contributed by atoms with Crippen molar-refractivity contribution in [3.05, 3.63) is 29.1 Å². The molecule has 0 bridgehead atoms. The smallest absolute Gasteiger partial charge is 0.323 e. The summed E-state index contributed by atoms with van der Waals surface area (Å²) in [4.78, 5) is 35.6. The number of hydrogen-bond acceptors (Lipinski definition) is 7. The van der Waals surface area contributed by atoms with Gasteiger partial charge in [-0.05, 0) is 74.7 Å². The first kappa shape index (κ1) is 29.8. The predicted octanol–water partition coefficient (Wildman–Crippen LogP) is 5.59. The number of piperazine rings is 1. The predicted molar refractivity (Wildman–Crippen MR) is 163 cm³/mol. The molecule has 9 nitrogen and oxygen atoms in total. The lowest BCUT2D eigenvalue weighted by atomic mass is 9.81. The first-order valence-corrected chi connectivity index (χ1v) is 16.2. The maximum atomic E-state index is 13.1. The first-order chi connectivity index (χ1) is 20.0. The van der Waals surface area contributed by atoms with Crippen LogP contribution in [0.4, 0.5) is 9.93 Å². The molecule has 1 saturated carbocycles. The van der Waals surface area contributed by atoms with Gasteiger partial charge in [-0.25, -0.2) is 9.78 Å². The molecule has 2 saturated heterocycles. The van der Waals surface area contributed by atoms with Gasteiger partial charge in [-0.2, -0.15) is 0 Å². The number of aliphatic carboxylic acids is 1. The standard InChI is InChI=1S/C31H45N5O4S/c1-40-25-11-12-26(24-8-3-2-4-9-24)27(19-25)28-22-41-30(32-28)33-31(39)36-17-15-35(16-18-36)21-23-7-5-13-34(20-23)14-6-10-29(37)38/h11-12,19,22-24H,2-10,13-18,20-21H2,1H3,(H,37,38)(H,32,33,39). The highest BCUT2D eigenvalue weighted by Gasteiger charge is 2.27. The molecule has 41 heavy (non-hydrogen) atoms. The minimum atomic E-state index is -0.712. The average molecular weight is 584 g/mol. The van der Waals surface area contributed by atoms with Crippen LogP contribution < -0.4 is 10.1 Å². The molecule has 0 spiro atoms. The molecule has 3 heterocycles. The van der Waals surface area contributed by atoms with Gasteiger partial charge in [0.25, 0.3) is 0 Å². The molecule has 1 aromatic heterocycles. The number of ether oxygens (including phenoxy) is 1. The molecular weight excluding hydrogens is 538 g/mol. The van der Waals surface area contributed by atoms with Gasteiger partial charge in [-0.1, -0.05) is 25.3 Å². The summed E-state index contributed by atoms with van der Waals surface area (Å²) >= 11 is 1.48. The number of aromatic nitrogens is 1. The third-order valence-electron chi connectivity index (χ3n) is 8.94. The number of methoxy groups -OCH3 is 1. The van der Waals surface area contributed by atoms with Gasteiger partial charge in [0.1, 0.15) is 5.75 Å². The van der Waals surface area contributed by atoms with E-state index in [-0.39, 0.29) is 12.5 Å². The lowest BCUT2D eigenvalue weighted by Crippen LogP contribution is -2.52. The molecule has 0 radical (unpaired) electrons. The van der Waals surface area contributed by atoms with Gasteiger partial charge in [0.2, 0.25) is 0 Å². The molecule has 224 valence electrons. The number of piperidine rings is 1. The molecular formula is C31H45N5O4S. The zero-order chi connectivity index (χ0) is 28.6.